The molecule has 0 saturated heterocycles. The fraction of sp³-hybridized carbons (Fsp3) is 0.545. The molecular weight excluding hydrogens is 226 g/mol. The second-order valence-corrected chi connectivity index (χ2v) is 3.44. The zero-order chi connectivity index (χ0) is 13.4. The second kappa shape index (κ2) is 7.43. The van der Waals surface area contributed by atoms with Crippen LogP contribution >= 0.6 is 0 Å². The standard InChI is InChI=1S/C11H17NO5/c1-4-5-7(2)10(14)12-8(11(15)16)6-9(13)17-3/h5,8H,4,6H2,1-3H3,(H,12,14)(H,15,16)/t8-/m0/s1. The van der Waals surface area contributed by atoms with Crippen LogP contribution in [0.5, 0.6) is 0 Å². The summed E-state index contributed by atoms with van der Waals surface area (Å²) in [6, 6.07) is -1.27. The summed E-state index contributed by atoms with van der Waals surface area (Å²) in [4.78, 5) is 33.3. The third-order valence-corrected chi connectivity index (χ3v) is 2.07. The number of rotatable bonds is 6. The van der Waals surface area contributed by atoms with Crippen LogP contribution in [0.25, 0.3) is 0 Å². The Morgan fingerprint density at radius 3 is 2.41 bits per heavy atom. The lowest BCUT2D eigenvalue weighted by molar-refractivity contribution is -0.148. The van der Waals surface area contributed by atoms with Gasteiger partial charge < -0.3 is 15.2 Å². The van der Waals surface area contributed by atoms with Gasteiger partial charge in [-0.1, -0.05) is 13.0 Å². The lowest BCUT2D eigenvalue weighted by atomic mass is 10.1. The van der Waals surface area contributed by atoms with E-state index in [2.05, 4.69) is 10.1 Å². The Morgan fingerprint density at radius 1 is 1.41 bits per heavy atom. The van der Waals surface area contributed by atoms with Gasteiger partial charge in [0.1, 0.15) is 6.04 Å². The highest BCUT2D eigenvalue weighted by atomic mass is 16.5. The molecule has 0 spiro atoms. The van der Waals surface area contributed by atoms with Crippen molar-refractivity contribution in [3.8, 4) is 0 Å². The quantitative estimate of drug-likeness (QED) is 0.522. The number of methoxy groups -OCH3 is 1. The van der Waals surface area contributed by atoms with Crippen molar-refractivity contribution < 1.29 is 24.2 Å². The van der Waals surface area contributed by atoms with Gasteiger partial charge in [-0.25, -0.2) is 4.79 Å². The van der Waals surface area contributed by atoms with E-state index in [1.165, 1.54) is 0 Å². The van der Waals surface area contributed by atoms with Crippen LogP contribution < -0.4 is 5.32 Å². The molecular formula is C11H17NO5. The van der Waals surface area contributed by atoms with Crippen LogP contribution in [-0.4, -0.2) is 36.1 Å². The van der Waals surface area contributed by atoms with Gasteiger partial charge in [-0.2, -0.15) is 0 Å². The number of ether oxygens (including phenoxy) is 1. The number of amides is 1. The van der Waals surface area contributed by atoms with Gasteiger partial charge in [-0.3, -0.25) is 9.59 Å². The van der Waals surface area contributed by atoms with Crippen LogP contribution in [0, 0.1) is 0 Å². The molecule has 0 aromatic heterocycles. The molecule has 0 saturated carbocycles. The number of carboxylic acid groups (broad SMARTS) is 1. The van der Waals surface area contributed by atoms with E-state index in [1.807, 2.05) is 6.92 Å². The van der Waals surface area contributed by atoms with Crippen LogP contribution in [0.2, 0.25) is 0 Å². The molecule has 1 atom stereocenters. The largest absolute Gasteiger partial charge is 0.480 e. The molecule has 0 radical (unpaired) electrons. The predicted octanol–water partition coefficient (Wildman–Crippen LogP) is 0.475. The van der Waals surface area contributed by atoms with Crippen LogP contribution in [0.1, 0.15) is 26.7 Å². The first-order valence-electron chi connectivity index (χ1n) is 5.19. The Hall–Kier alpha value is -1.85. The fourth-order valence-electron chi connectivity index (χ4n) is 1.12. The number of carbonyl (C=O) groups excluding carboxylic acids is 2. The van der Waals surface area contributed by atoms with Crippen molar-refractivity contribution >= 4 is 17.8 Å². The molecule has 2 N–H and O–H groups in total. The first kappa shape index (κ1) is 15.2. The molecule has 0 fully saturated rings. The number of aliphatic carboxylic acids is 1. The first-order chi connectivity index (χ1) is 7.92. The average Bonchev–Trinajstić information content (AvgIpc) is 2.27. The van der Waals surface area contributed by atoms with Crippen LogP contribution in [0.3, 0.4) is 0 Å². The summed E-state index contributed by atoms with van der Waals surface area (Å²) in [5.41, 5.74) is 0.420. The van der Waals surface area contributed by atoms with E-state index < -0.39 is 30.3 Å². The fourth-order valence-corrected chi connectivity index (χ4v) is 1.12. The number of nitrogens with one attached hydrogen (secondary N) is 1. The van der Waals surface area contributed by atoms with Gasteiger partial charge in [0.2, 0.25) is 5.91 Å². The molecule has 0 aliphatic rings. The molecule has 6 nitrogen and oxygen atoms in total. The SMILES string of the molecule is CCC=C(C)C(=O)N[C@@H](CC(=O)OC)C(=O)O. The number of hydrogen-bond donors (Lipinski definition) is 2. The van der Waals surface area contributed by atoms with Crippen molar-refractivity contribution in [2.45, 2.75) is 32.7 Å². The Labute approximate surface area is 99.6 Å². The van der Waals surface area contributed by atoms with Crippen molar-refractivity contribution in [3.63, 3.8) is 0 Å². The van der Waals surface area contributed by atoms with Gasteiger partial charge in [-0.05, 0) is 13.3 Å². The average molecular weight is 243 g/mol. The highest BCUT2D eigenvalue weighted by Crippen LogP contribution is 2.00. The summed E-state index contributed by atoms with van der Waals surface area (Å²) in [5, 5.41) is 11.1. The molecule has 0 rings (SSSR count). The number of esters is 1. The molecule has 1 amide bonds. The summed E-state index contributed by atoms with van der Waals surface area (Å²) in [7, 11) is 1.16. The van der Waals surface area contributed by atoms with Crippen molar-refractivity contribution in [1.82, 2.24) is 5.32 Å². The summed E-state index contributed by atoms with van der Waals surface area (Å²) < 4.78 is 4.35. The van der Waals surface area contributed by atoms with Gasteiger partial charge in [0.05, 0.1) is 13.5 Å². The maximum atomic E-state index is 11.5. The number of allylic oxidation sites excluding steroid dienone is 1. The molecule has 0 aliphatic heterocycles. The van der Waals surface area contributed by atoms with E-state index in [0.717, 1.165) is 7.11 Å². The monoisotopic (exact) mass is 243 g/mol. The van der Waals surface area contributed by atoms with E-state index in [-0.39, 0.29) is 0 Å². The molecule has 0 bridgehead atoms. The number of carbonyl (C=O) groups is 3. The molecule has 0 aliphatic carbocycles. The Morgan fingerprint density at radius 2 is 2.00 bits per heavy atom. The highest BCUT2D eigenvalue weighted by molar-refractivity contribution is 5.96. The highest BCUT2D eigenvalue weighted by Gasteiger charge is 2.23. The predicted molar refractivity (Wildman–Crippen MR) is 60.2 cm³/mol. The normalized spacial score (nSPS) is 12.8. The van der Waals surface area contributed by atoms with E-state index in [9.17, 15) is 14.4 Å². The minimum atomic E-state index is -1.27. The van der Waals surface area contributed by atoms with Crippen molar-refractivity contribution in [3.05, 3.63) is 11.6 Å². The maximum absolute atomic E-state index is 11.5. The Bertz CT molecular complexity index is 335. The van der Waals surface area contributed by atoms with Crippen LogP contribution in [0.4, 0.5) is 0 Å². The number of carboxylic acids is 1. The third-order valence-electron chi connectivity index (χ3n) is 2.07. The van der Waals surface area contributed by atoms with Crippen molar-refractivity contribution in [2.75, 3.05) is 7.11 Å². The zero-order valence-electron chi connectivity index (χ0n) is 10.1. The molecule has 6 heteroatoms. The molecule has 0 aromatic rings. The topological polar surface area (TPSA) is 92.7 Å². The van der Waals surface area contributed by atoms with E-state index in [0.29, 0.717) is 12.0 Å². The van der Waals surface area contributed by atoms with Gasteiger partial charge in [0, 0.05) is 5.57 Å². The van der Waals surface area contributed by atoms with Gasteiger partial charge >= 0.3 is 11.9 Å². The van der Waals surface area contributed by atoms with Crippen molar-refractivity contribution in [2.24, 2.45) is 0 Å². The molecule has 0 unspecified atom stereocenters. The summed E-state index contributed by atoms with van der Waals surface area (Å²) in [6.07, 6.45) is 1.96. The second-order valence-electron chi connectivity index (χ2n) is 3.44. The lowest BCUT2D eigenvalue weighted by Crippen LogP contribution is -2.42. The molecule has 96 valence electrons. The lowest BCUT2D eigenvalue weighted by Gasteiger charge is -2.13. The maximum Gasteiger partial charge on any atom is 0.326 e. The zero-order valence-corrected chi connectivity index (χ0v) is 10.1. The summed E-state index contributed by atoms with van der Waals surface area (Å²) in [5.74, 6) is -2.45. The first-order valence-corrected chi connectivity index (χ1v) is 5.19. The summed E-state index contributed by atoms with van der Waals surface area (Å²) in [6.45, 7) is 3.44. The van der Waals surface area contributed by atoms with Gasteiger partial charge in [-0.15, -0.1) is 0 Å². The minimum Gasteiger partial charge on any atom is -0.480 e. The molecule has 0 aromatic carbocycles. The van der Waals surface area contributed by atoms with Crippen LogP contribution in [-0.2, 0) is 19.1 Å². The van der Waals surface area contributed by atoms with E-state index in [1.54, 1.807) is 13.0 Å². The molecule has 17 heavy (non-hydrogen) atoms. The third kappa shape index (κ3) is 5.70. The van der Waals surface area contributed by atoms with Gasteiger partial charge in [0.25, 0.3) is 0 Å². The van der Waals surface area contributed by atoms with Crippen LogP contribution in [0.15, 0.2) is 11.6 Å². The van der Waals surface area contributed by atoms with E-state index in [4.69, 9.17) is 5.11 Å². The van der Waals surface area contributed by atoms with E-state index >= 15 is 0 Å². The minimum absolute atomic E-state index is 0.392. The smallest absolute Gasteiger partial charge is 0.326 e. The summed E-state index contributed by atoms with van der Waals surface area (Å²) >= 11 is 0. The van der Waals surface area contributed by atoms with Crippen molar-refractivity contribution in [1.29, 1.82) is 0 Å². The molecule has 0 heterocycles. The Balaban J connectivity index is 4.56. The number of hydrogen-bond acceptors (Lipinski definition) is 4. The Kier molecular flexibility index (Phi) is 6.62. The van der Waals surface area contributed by atoms with Gasteiger partial charge in [0.15, 0.2) is 0 Å².